The second-order valence-electron chi connectivity index (χ2n) is 3.49. The molecule has 2 rings (SSSR count). The van der Waals surface area contributed by atoms with E-state index in [-0.39, 0.29) is 0 Å². The topological polar surface area (TPSA) is 12.9 Å². The van der Waals surface area contributed by atoms with Gasteiger partial charge in [-0.15, -0.1) is 0 Å². The lowest BCUT2D eigenvalue weighted by molar-refractivity contribution is 1.06. The van der Waals surface area contributed by atoms with Crippen molar-refractivity contribution >= 4 is 0 Å². The van der Waals surface area contributed by atoms with Crippen LogP contribution in [0.25, 0.3) is 0 Å². The van der Waals surface area contributed by atoms with Gasteiger partial charge >= 0.3 is 0 Å². The molecule has 1 heteroatoms. The predicted molar refractivity (Wildman–Crippen MR) is 69.6 cm³/mol. The maximum Gasteiger partial charge on any atom is 0.0450 e. The van der Waals surface area contributed by atoms with Gasteiger partial charge in [0.25, 0.3) is 0 Å². The van der Waals surface area contributed by atoms with Crippen LogP contribution in [0.1, 0.15) is 30.7 Å². The fourth-order valence-electron chi connectivity index (χ4n) is 1.50. The van der Waals surface area contributed by atoms with Gasteiger partial charge in [-0.05, 0) is 30.2 Å². The quantitative estimate of drug-likeness (QED) is 0.734. The number of aromatic nitrogens is 1. The van der Waals surface area contributed by atoms with Crippen LogP contribution >= 0.6 is 0 Å². The minimum absolute atomic E-state index is 0.919. The van der Waals surface area contributed by atoms with E-state index in [4.69, 9.17) is 0 Å². The molecule has 0 amide bonds. The van der Waals surface area contributed by atoms with Crippen LogP contribution in [0.5, 0.6) is 0 Å². The highest BCUT2D eigenvalue weighted by Gasteiger charge is 1.96. The molecule has 0 bridgehead atoms. The molecule has 0 radical (unpaired) electrons. The van der Waals surface area contributed by atoms with E-state index in [0.29, 0.717) is 0 Å². The van der Waals surface area contributed by atoms with E-state index in [1.165, 1.54) is 11.1 Å². The van der Waals surface area contributed by atoms with Crippen LogP contribution < -0.4 is 0 Å². The first-order valence-electron chi connectivity index (χ1n) is 5.80. The standard InChI is InChI=1S/C13H13N.C2H6/c1-11-7-8-14-13(9-11)10-12-5-3-2-4-6-12;1-2/h2-9H,10H2,1H3;1-2H3. The summed E-state index contributed by atoms with van der Waals surface area (Å²) in [6.07, 6.45) is 2.79. The molecule has 1 aromatic heterocycles. The van der Waals surface area contributed by atoms with Gasteiger partial charge in [-0.25, -0.2) is 0 Å². The molecule has 0 N–H and O–H groups in total. The highest BCUT2D eigenvalue weighted by molar-refractivity contribution is 5.23. The number of pyridine rings is 1. The van der Waals surface area contributed by atoms with Crippen molar-refractivity contribution in [1.82, 2.24) is 4.98 Å². The molecule has 0 saturated carbocycles. The molecule has 0 spiro atoms. The Balaban J connectivity index is 0.000000606. The molecule has 16 heavy (non-hydrogen) atoms. The van der Waals surface area contributed by atoms with Gasteiger partial charge in [-0.2, -0.15) is 0 Å². The van der Waals surface area contributed by atoms with E-state index in [1.807, 2.05) is 32.2 Å². The molecule has 0 saturated heterocycles. The fourth-order valence-corrected chi connectivity index (χ4v) is 1.50. The Morgan fingerprint density at radius 2 is 1.69 bits per heavy atom. The number of nitrogens with zero attached hydrogens (tertiary/aromatic N) is 1. The summed E-state index contributed by atoms with van der Waals surface area (Å²) in [4.78, 5) is 4.33. The van der Waals surface area contributed by atoms with Crippen molar-refractivity contribution in [3.05, 3.63) is 65.5 Å². The van der Waals surface area contributed by atoms with Crippen molar-refractivity contribution in [3.8, 4) is 0 Å². The Labute approximate surface area is 98.2 Å². The Bertz CT molecular complexity index is 407. The van der Waals surface area contributed by atoms with E-state index in [1.54, 1.807) is 0 Å². The van der Waals surface area contributed by atoms with Crippen LogP contribution in [0, 0.1) is 6.92 Å². The summed E-state index contributed by atoms with van der Waals surface area (Å²) in [5, 5.41) is 0. The Kier molecular flexibility index (Phi) is 5.27. The third-order valence-electron chi connectivity index (χ3n) is 2.20. The highest BCUT2D eigenvalue weighted by Crippen LogP contribution is 2.07. The van der Waals surface area contributed by atoms with Gasteiger partial charge < -0.3 is 0 Å². The van der Waals surface area contributed by atoms with E-state index in [2.05, 4.69) is 42.2 Å². The number of hydrogen-bond acceptors (Lipinski definition) is 1. The zero-order valence-corrected chi connectivity index (χ0v) is 10.3. The molecule has 0 aliphatic rings. The average molecular weight is 213 g/mol. The summed E-state index contributed by atoms with van der Waals surface area (Å²) in [7, 11) is 0. The molecule has 0 fully saturated rings. The van der Waals surface area contributed by atoms with Crippen LogP contribution in [0.4, 0.5) is 0 Å². The maximum atomic E-state index is 4.33. The average Bonchev–Trinajstić information content (AvgIpc) is 2.33. The molecule has 1 heterocycles. The van der Waals surface area contributed by atoms with Crippen molar-refractivity contribution in [2.24, 2.45) is 0 Å². The minimum Gasteiger partial charge on any atom is -0.261 e. The van der Waals surface area contributed by atoms with Crippen LogP contribution in [0.15, 0.2) is 48.7 Å². The van der Waals surface area contributed by atoms with E-state index >= 15 is 0 Å². The zero-order chi connectivity index (χ0) is 11.8. The van der Waals surface area contributed by atoms with Gasteiger partial charge in [0.05, 0.1) is 0 Å². The largest absolute Gasteiger partial charge is 0.261 e. The van der Waals surface area contributed by atoms with Crippen LogP contribution in [0.3, 0.4) is 0 Å². The van der Waals surface area contributed by atoms with Gasteiger partial charge in [0, 0.05) is 18.3 Å². The third kappa shape index (κ3) is 3.85. The molecular formula is C15H19N. The maximum absolute atomic E-state index is 4.33. The van der Waals surface area contributed by atoms with E-state index in [9.17, 15) is 0 Å². The highest BCUT2D eigenvalue weighted by atomic mass is 14.7. The molecule has 1 nitrogen and oxygen atoms in total. The fraction of sp³-hybridized carbons (Fsp3) is 0.267. The van der Waals surface area contributed by atoms with Crippen molar-refractivity contribution in [2.75, 3.05) is 0 Å². The minimum atomic E-state index is 0.919. The molecule has 1 aromatic carbocycles. The normalized spacial score (nSPS) is 9.19. The lowest BCUT2D eigenvalue weighted by Crippen LogP contribution is -1.91. The zero-order valence-electron chi connectivity index (χ0n) is 10.3. The van der Waals surface area contributed by atoms with Gasteiger partial charge in [-0.3, -0.25) is 4.98 Å². The smallest absolute Gasteiger partial charge is 0.0450 e. The number of aryl methyl sites for hydroxylation is 1. The molecule has 0 unspecified atom stereocenters. The second-order valence-corrected chi connectivity index (χ2v) is 3.49. The first-order chi connectivity index (χ1) is 7.84. The van der Waals surface area contributed by atoms with Gasteiger partial charge in [-0.1, -0.05) is 44.2 Å². The summed E-state index contributed by atoms with van der Waals surface area (Å²) in [5.41, 5.74) is 3.72. The number of benzene rings is 1. The summed E-state index contributed by atoms with van der Waals surface area (Å²) >= 11 is 0. The SMILES string of the molecule is CC.Cc1ccnc(Cc2ccccc2)c1. The van der Waals surface area contributed by atoms with Gasteiger partial charge in [0.2, 0.25) is 0 Å². The van der Waals surface area contributed by atoms with Gasteiger partial charge in [0.1, 0.15) is 0 Å². The lowest BCUT2D eigenvalue weighted by Gasteiger charge is -2.01. The Morgan fingerprint density at radius 3 is 2.31 bits per heavy atom. The molecule has 84 valence electrons. The first-order valence-corrected chi connectivity index (χ1v) is 5.80. The third-order valence-corrected chi connectivity index (χ3v) is 2.20. The monoisotopic (exact) mass is 213 g/mol. The number of hydrogen-bond donors (Lipinski definition) is 0. The first kappa shape index (κ1) is 12.4. The van der Waals surface area contributed by atoms with Crippen molar-refractivity contribution in [3.63, 3.8) is 0 Å². The van der Waals surface area contributed by atoms with E-state index < -0.39 is 0 Å². The van der Waals surface area contributed by atoms with Gasteiger partial charge in [0.15, 0.2) is 0 Å². The van der Waals surface area contributed by atoms with Crippen molar-refractivity contribution in [1.29, 1.82) is 0 Å². The summed E-state index contributed by atoms with van der Waals surface area (Å²) in [5.74, 6) is 0. The predicted octanol–water partition coefficient (Wildman–Crippen LogP) is 4.01. The summed E-state index contributed by atoms with van der Waals surface area (Å²) < 4.78 is 0. The van der Waals surface area contributed by atoms with Crippen LogP contribution in [-0.4, -0.2) is 4.98 Å². The summed E-state index contributed by atoms with van der Waals surface area (Å²) in [6, 6.07) is 14.6. The molecular weight excluding hydrogens is 194 g/mol. The van der Waals surface area contributed by atoms with Crippen LogP contribution in [0.2, 0.25) is 0 Å². The number of rotatable bonds is 2. The van der Waals surface area contributed by atoms with E-state index in [0.717, 1.165) is 12.1 Å². The van der Waals surface area contributed by atoms with Crippen molar-refractivity contribution < 1.29 is 0 Å². The second kappa shape index (κ2) is 6.78. The molecule has 0 aliphatic heterocycles. The Morgan fingerprint density at radius 1 is 1.00 bits per heavy atom. The molecule has 0 aliphatic carbocycles. The molecule has 0 atom stereocenters. The van der Waals surface area contributed by atoms with Crippen molar-refractivity contribution in [2.45, 2.75) is 27.2 Å². The summed E-state index contributed by atoms with van der Waals surface area (Å²) in [6.45, 7) is 6.09. The Hall–Kier alpha value is -1.63. The molecule has 2 aromatic rings. The van der Waals surface area contributed by atoms with Crippen LogP contribution in [-0.2, 0) is 6.42 Å². The lowest BCUT2D eigenvalue weighted by atomic mass is 10.1.